The topological polar surface area (TPSA) is 309 Å². The fourth-order valence-corrected chi connectivity index (χ4v) is 3.46. The first kappa shape index (κ1) is 38.7. The molecule has 0 bridgehead atoms. The molecule has 0 unspecified atom stereocenters. The van der Waals surface area contributed by atoms with Crippen molar-refractivity contribution in [1.82, 2.24) is 26.6 Å². The van der Waals surface area contributed by atoms with Gasteiger partial charge in [0.05, 0.1) is 19.0 Å². The van der Waals surface area contributed by atoms with Gasteiger partial charge in [0.15, 0.2) is 0 Å². The Bertz CT molecular complexity index is 1020. The van der Waals surface area contributed by atoms with Crippen LogP contribution in [0.3, 0.4) is 0 Å². The maximum absolute atomic E-state index is 12.7. The predicted molar refractivity (Wildman–Crippen MR) is 149 cm³/mol. The number of aliphatic carboxylic acids is 3. The summed E-state index contributed by atoms with van der Waals surface area (Å²) in [6.07, 6.45) is -0.719. The molecule has 12 N–H and O–H groups in total. The number of nitrogens with two attached hydrogens (primary N) is 2. The second-order valence-electron chi connectivity index (χ2n) is 10.1. The third kappa shape index (κ3) is 16.0. The Morgan fingerprint density at radius 2 is 1.26 bits per heavy atom. The smallest absolute Gasteiger partial charge is 0.326 e. The number of unbranched alkanes of at least 4 members (excludes halogenated alkanes) is 1. The molecule has 0 aromatic heterocycles. The van der Waals surface area contributed by atoms with E-state index in [9.17, 15) is 43.5 Å². The third-order valence-electron chi connectivity index (χ3n) is 6.07. The summed E-state index contributed by atoms with van der Waals surface area (Å²) in [6.45, 7) is 4.46. The lowest BCUT2D eigenvalue weighted by atomic mass is 10.0. The van der Waals surface area contributed by atoms with Gasteiger partial charge in [-0.2, -0.15) is 0 Å². The molecule has 0 aliphatic heterocycles. The Morgan fingerprint density at radius 3 is 1.77 bits per heavy atom. The second kappa shape index (κ2) is 19.7. The van der Waals surface area contributed by atoms with Crippen LogP contribution in [0.15, 0.2) is 0 Å². The standard InChI is InChI=1S/C25H43N7O11/c1-12(2)20(27)24(41)30-14(6-4-5-9-26)22(39)28-11-17(33)29-13(3)21(38)32-16(10-19(36)37)23(40)31-15(25(42)43)7-8-18(34)35/h12-16,20H,4-11,26-27H2,1-3H3,(H,28,39)(H,29,33)(H,30,41)(H,31,40)(H,32,38)(H,34,35)(H,36,37)(H,42,43)/t13-,14-,15-,16-,20-/m0/s1. The van der Waals surface area contributed by atoms with Crippen LogP contribution >= 0.6 is 0 Å². The number of hydrogen-bond acceptors (Lipinski definition) is 10. The van der Waals surface area contributed by atoms with E-state index in [-0.39, 0.29) is 12.3 Å². The summed E-state index contributed by atoms with van der Waals surface area (Å²) in [5.41, 5.74) is 11.3. The van der Waals surface area contributed by atoms with Gasteiger partial charge in [0, 0.05) is 6.42 Å². The van der Waals surface area contributed by atoms with E-state index in [4.69, 9.17) is 21.7 Å². The van der Waals surface area contributed by atoms with Crippen molar-refractivity contribution >= 4 is 47.4 Å². The Hall–Kier alpha value is -4.32. The van der Waals surface area contributed by atoms with Crippen LogP contribution in [0.4, 0.5) is 0 Å². The summed E-state index contributed by atoms with van der Waals surface area (Å²) >= 11 is 0. The van der Waals surface area contributed by atoms with Gasteiger partial charge in [-0.25, -0.2) is 4.79 Å². The molecule has 18 heteroatoms. The molecule has 0 aliphatic rings. The summed E-state index contributed by atoms with van der Waals surface area (Å²) < 4.78 is 0. The largest absolute Gasteiger partial charge is 0.481 e. The van der Waals surface area contributed by atoms with Crippen LogP contribution in [-0.4, -0.2) is 106 Å². The molecule has 0 rings (SSSR count). The van der Waals surface area contributed by atoms with Crippen LogP contribution in [0, 0.1) is 5.92 Å². The highest BCUT2D eigenvalue weighted by Gasteiger charge is 2.30. The van der Waals surface area contributed by atoms with Crippen molar-refractivity contribution in [2.75, 3.05) is 13.1 Å². The summed E-state index contributed by atoms with van der Waals surface area (Å²) in [6, 6.07) is -6.62. The molecule has 244 valence electrons. The van der Waals surface area contributed by atoms with E-state index in [0.717, 1.165) is 0 Å². The van der Waals surface area contributed by atoms with Gasteiger partial charge < -0.3 is 53.4 Å². The van der Waals surface area contributed by atoms with Gasteiger partial charge in [-0.15, -0.1) is 0 Å². The summed E-state index contributed by atoms with van der Waals surface area (Å²) in [4.78, 5) is 95.9. The number of hydrogen-bond donors (Lipinski definition) is 10. The number of carboxylic acid groups (broad SMARTS) is 3. The Balaban J connectivity index is 5.21. The molecule has 0 aromatic carbocycles. The van der Waals surface area contributed by atoms with Crippen LogP contribution in [0.25, 0.3) is 0 Å². The molecule has 0 saturated heterocycles. The van der Waals surface area contributed by atoms with Crippen molar-refractivity contribution < 1.29 is 53.7 Å². The lowest BCUT2D eigenvalue weighted by Crippen LogP contribution is -2.56. The van der Waals surface area contributed by atoms with E-state index < -0.39 is 103 Å². The zero-order valence-corrected chi connectivity index (χ0v) is 24.4. The number of carbonyl (C=O) groups is 8. The van der Waals surface area contributed by atoms with E-state index in [1.54, 1.807) is 13.8 Å². The monoisotopic (exact) mass is 617 g/mol. The predicted octanol–water partition coefficient (Wildman–Crippen LogP) is -3.40. The highest BCUT2D eigenvalue weighted by Crippen LogP contribution is 2.05. The van der Waals surface area contributed by atoms with Gasteiger partial charge in [-0.3, -0.25) is 33.6 Å². The molecule has 43 heavy (non-hydrogen) atoms. The van der Waals surface area contributed by atoms with Crippen molar-refractivity contribution in [1.29, 1.82) is 0 Å². The number of amides is 5. The molecule has 0 spiro atoms. The van der Waals surface area contributed by atoms with Gasteiger partial charge in [0.2, 0.25) is 29.5 Å². The van der Waals surface area contributed by atoms with E-state index in [2.05, 4.69) is 21.3 Å². The lowest BCUT2D eigenvalue weighted by molar-refractivity contribution is -0.144. The van der Waals surface area contributed by atoms with Crippen LogP contribution in [-0.2, 0) is 38.4 Å². The van der Waals surface area contributed by atoms with Gasteiger partial charge >= 0.3 is 17.9 Å². The minimum atomic E-state index is -1.76. The van der Waals surface area contributed by atoms with E-state index in [1.165, 1.54) is 6.92 Å². The first-order chi connectivity index (χ1) is 20.0. The molecular weight excluding hydrogens is 574 g/mol. The van der Waals surface area contributed by atoms with E-state index in [0.29, 0.717) is 19.4 Å². The Kier molecular flexibility index (Phi) is 17.8. The number of rotatable bonds is 21. The first-order valence-corrected chi connectivity index (χ1v) is 13.6. The van der Waals surface area contributed by atoms with Crippen molar-refractivity contribution in [2.24, 2.45) is 17.4 Å². The zero-order chi connectivity index (χ0) is 33.3. The van der Waals surface area contributed by atoms with Gasteiger partial charge in [-0.1, -0.05) is 13.8 Å². The van der Waals surface area contributed by atoms with Gasteiger partial charge in [-0.05, 0) is 45.1 Å². The summed E-state index contributed by atoms with van der Waals surface area (Å²) in [7, 11) is 0. The Morgan fingerprint density at radius 1 is 0.674 bits per heavy atom. The lowest BCUT2D eigenvalue weighted by Gasteiger charge is -2.23. The van der Waals surface area contributed by atoms with E-state index in [1.807, 2.05) is 5.32 Å². The molecule has 0 fully saturated rings. The van der Waals surface area contributed by atoms with Gasteiger partial charge in [0.25, 0.3) is 0 Å². The average Bonchev–Trinajstić information content (AvgIpc) is 2.91. The molecule has 0 heterocycles. The van der Waals surface area contributed by atoms with Gasteiger partial charge in [0.1, 0.15) is 24.2 Å². The minimum absolute atomic E-state index is 0.192. The fraction of sp³-hybridized carbons (Fsp3) is 0.680. The fourth-order valence-electron chi connectivity index (χ4n) is 3.46. The highest BCUT2D eigenvalue weighted by atomic mass is 16.4. The van der Waals surface area contributed by atoms with Crippen molar-refractivity contribution in [3.63, 3.8) is 0 Å². The number of carbonyl (C=O) groups excluding carboxylic acids is 5. The van der Waals surface area contributed by atoms with Crippen LogP contribution in [0.2, 0.25) is 0 Å². The molecular formula is C25H43N7O11. The van der Waals surface area contributed by atoms with Crippen LogP contribution in [0.5, 0.6) is 0 Å². The summed E-state index contributed by atoms with van der Waals surface area (Å²) in [5, 5.41) is 38.4. The Labute approximate surface area is 248 Å². The summed E-state index contributed by atoms with van der Waals surface area (Å²) in [5.74, 6) is -8.85. The average molecular weight is 618 g/mol. The SMILES string of the molecule is CC(C)[C@H](N)C(=O)N[C@@H](CCCCN)C(=O)NCC(=O)N[C@@H](C)C(=O)N[C@@H](CC(=O)O)C(=O)N[C@@H](CCC(=O)O)C(=O)O. The minimum Gasteiger partial charge on any atom is -0.481 e. The van der Waals surface area contributed by atoms with Crippen molar-refractivity contribution in [3.8, 4) is 0 Å². The van der Waals surface area contributed by atoms with E-state index >= 15 is 0 Å². The van der Waals surface area contributed by atoms with Crippen molar-refractivity contribution in [2.45, 2.75) is 89.5 Å². The third-order valence-corrected chi connectivity index (χ3v) is 6.07. The number of nitrogens with one attached hydrogen (secondary N) is 5. The molecule has 0 aromatic rings. The zero-order valence-electron chi connectivity index (χ0n) is 24.4. The number of carboxylic acids is 3. The van der Waals surface area contributed by atoms with Crippen LogP contribution < -0.4 is 38.1 Å². The normalized spacial score (nSPS) is 14.3. The first-order valence-electron chi connectivity index (χ1n) is 13.6. The molecule has 5 amide bonds. The molecule has 18 nitrogen and oxygen atoms in total. The maximum Gasteiger partial charge on any atom is 0.326 e. The molecule has 5 atom stereocenters. The van der Waals surface area contributed by atoms with Crippen molar-refractivity contribution in [3.05, 3.63) is 0 Å². The molecule has 0 radical (unpaired) electrons. The highest BCUT2D eigenvalue weighted by molar-refractivity contribution is 5.96. The van der Waals surface area contributed by atoms with Crippen LogP contribution in [0.1, 0.15) is 59.3 Å². The quantitative estimate of drug-likeness (QED) is 0.0562. The maximum atomic E-state index is 12.7. The second-order valence-corrected chi connectivity index (χ2v) is 10.1. The molecule has 0 aliphatic carbocycles. The molecule has 0 saturated carbocycles.